The Morgan fingerprint density at radius 3 is 2.87 bits per heavy atom. The zero-order valence-corrected chi connectivity index (χ0v) is 18.2. The number of nitrogens with zero attached hydrogens (tertiary/aromatic N) is 3. The third kappa shape index (κ3) is 4.83. The normalized spacial score (nSPS) is 11.3. The van der Waals surface area contributed by atoms with Crippen LogP contribution in [0.2, 0.25) is 5.02 Å². The number of hydrogen-bond acceptors (Lipinski definition) is 7. The first-order chi connectivity index (χ1) is 14.9. The van der Waals surface area contributed by atoms with Crippen molar-refractivity contribution in [2.24, 2.45) is 5.73 Å². The van der Waals surface area contributed by atoms with Gasteiger partial charge in [-0.15, -0.1) is 10.2 Å². The number of aryl methyl sites for hydroxylation is 2. The Bertz CT molecular complexity index is 1300. The molecule has 4 aromatic rings. The molecule has 3 heterocycles. The molecule has 0 atom stereocenters. The van der Waals surface area contributed by atoms with E-state index in [9.17, 15) is 9.59 Å². The second kappa shape index (κ2) is 8.99. The van der Waals surface area contributed by atoms with E-state index < -0.39 is 11.5 Å². The number of aromatic nitrogens is 3. The highest BCUT2D eigenvalue weighted by Crippen LogP contribution is 2.30. The molecule has 0 saturated carbocycles. The van der Waals surface area contributed by atoms with Gasteiger partial charge in [0.1, 0.15) is 17.2 Å². The average molecular weight is 459 g/mol. The summed E-state index contributed by atoms with van der Waals surface area (Å²) in [6.07, 6.45) is 2.14. The van der Waals surface area contributed by atoms with E-state index in [1.165, 1.54) is 17.8 Å². The molecule has 0 unspecified atom stereocenters. The van der Waals surface area contributed by atoms with Gasteiger partial charge in [0.05, 0.1) is 12.8 Å². The predicted octanol–water partition coefficient (Wildman–Crippen LogP) is 3.70. The first-order valence-electron chi connectivity index (χ1n) is 9.49. The minimum Gasteiger partial charge on any atom is -0.467 e. The molecule has 0 aliphatic carbocycles. The lowest BCUT2D eigenvalue weighted by atomic mass is 10.1. The van der Waals surface area contributed by atoms with Gasteiger partial charge in [0, 0.05) is 35.1 Å². The number of carbonyl (C=O) groups is 1. The van der Waals surface area contributed by atoms with Gasteiger partial charge in [-0.1, -0.05) is 23.4 Å². The van der Waals surface area contributed by atoms with Gasteiger partial charge in [0.2, 0.25) is 5.91 Å². The molecule has 0 saturated heterocycles. The molecule has 10 heteroatoms. The smallest absolute Gasteiger partial charge is 0.336 e. The maximum atomic E-state index is 12.0. The highest BCUT2D eigenvalue weighted by atomic mass is 35.5. The maximum absolute atomic E-state index is 12.0. The summed E-state index contributed by atoms with van der Waals surface area (Å²) >= 11 is 7.70. The van der Waals surface area contributed by atoms with Crippen LogP contribution in [-0.4, -0.2) is 20.7 Å². The molecule has 1 aromatic carbocycles. The third-order valence-corrected chi connectivity index (χ3v) is 6.17. The SMILES string of the molecule is Cc1cc2oc(=O)cc(CSc3nnc(CCC(N)=O)n3Cc3ccco3)c2cc1Cl. The number of halogens is 1. The second-order valence-electron chi connectivity index (χ2n) is 7.01. The van der Waals surface area contributed by atoms with Crippen molar-refractivity contribution in [1.82, 2.24) is 14.8 Å². The van der Waals surface area contributed by atoms with E-state index in [-0.39, 0.29) is 6.42 Å². The Morgan fingerprint density at radius 1 is 1.29 bits per heavy atom. The number of primary amides is 1. The fourth-order valence-corrected chi connectivity index (χ4v) is 4.28. The van der Waals surface area contributed by atoms with Crippen LogP contribution >= 0.6 is 23.4 Å². The Hall–Kier alpha value is -3.04. The van der Waals surface area contributed by atoms with Gasteiger partial charge < -0.3 is 14.6 Å². The lowest BCUT2D eigenvalue weighted by Gasteiger charge is -2.10. The highest BCUT2D eigenvalue weighted by Gasteiger charge is 2.16. The molecule has 8 nitrogen and oxygen atoms in total. The van der Waals surface area contributed by atoms with Crippen LogP contribution in [0, 0.1) is 6.92 Å². The predicted molar refractivity (Wildman–Crippen MR) is 117 cm³/mol. The van der Waals surface area contributed by atoms with Crippen LogP contribution in [0.1, 0.15) is 29.1 Å². The number of fused-ring (bicyclic) bond motifs is 1. The van der Waals surface area contributed by atoms with Crippen molar-refractivity contribution >= 4 is 40.2 Å². The van der Waals surface area contributed by atoms with Crippen molar-refractivity contribution in [3.63, 3.8) is 0 Å². The first kappa shape index (κ1) is 21.2. The number of amides is 1. The number of furan rings is 1. The molecule has 4 rings (SSSR count). The summed E-state index contributed by atoms with van der Waals surface area (Å²) in [4.78, 5) is 23.3. The number of benzene rings is 1. The van der Waals surface area contributed by atoms with E-state index in [2.05, 4.69) is 10.2 Å². The van der Waals surface area contributed by atoms with Gasteiger partial charge in [-0.25, -0.2) is 4.79 Å². The van der Waals surface area contributed by atoms with E-state index in [0.717, 1.165) is 22.3 Å². The Morgan fingerprint density at radius 2 is 2.13 bits per heavy atom. The van der Waals surface area contributed by atoms with E-state index in [0.29, 0.717) is 40.3 Å². The van der Waals surface area contributed by atoms with E-state index >= 15 is 0 Å². The summed E-state index contributed by atoms with van der Waals surface area (Å²) in [5.41, 5.74) is 6.97. The number of nitrogens with two attached hydrogens (primary N) is 1. The van der Waals surface area contributed by atoms with Gasteiger partial charge in [-0.05, 0) is 42.3 Å². The van der Waals surface area contributed by atoms with Gasteiger partial charge in [0.15, 0.2) is 5.16 Å². The van der Waals surface area contributed by atoms with Crippen molar-refractivity contribution in [2.75, 3.05) is 0 Å². The van der Waals surface area contributed by atoms with Crippen molar-refractivity contribution in [1.29, 1.82) is 0 Å². The number of rotatable bonds is 8. The van der Waals surface area contributed by atoms with Crippen molar-refractivity contribution in [2.45, 2.75) is 37.2 Å². The maximum Gasteiger partial charge on any atom is 0.336 e. The minimum absolute atomic E-state index is 0.170. The quantitative estimate of drug-likeness (QED) is 0.316. The molecule has 0 spiro atoms. The molecule has 2 N–H and O–H groups in total. The lowest BCUT2D eigenvalue weighted by molar-refractivity contribution is -0.118. The van der Waals surface area contributed by atoms with Crippen LogP contribution in [0.25, 0.3) is 11.0 Å². The third-order valence-electron chi connectivity index (χ3n) is 4.75. The molecule has 160 valence electrons. The van der Waals surface area contributed by atoms with Gasteiger partial charge in [-0.2, -0.15) is 0 Å². The largest absolute Gasteiger partial charge is 0.467 e. The molecule has 1 amide bonds. The Balaban J connectivity index is 1.64. The summed E-state index contributed by atoms with van der Waals surface area (Å²) in [5, 5.41) is 10.5. The molecular formula is C21H19ClN4O4S. The van der Waals surface area contributed by atoms with Crippen molar-refractivity contribution in [3.05, 3.63) is 74.7 Å². The van der Waals surface area contributed by atoms with Crippen molar-refractivity contribution in [3.8, 4) is 0 Å². The standard InChI is InChI=1S/C21H19ClN4O4S/c1-12-7-17-15(9-16(12)22)13(8-20(28)30-17)11-31-21-25-24-19(5-4-18(23)27)26(21)10-14-3-2-6-29-14/h2-3,6-9H,4-5,10-11H2,1H3,(H2,23,27). The average Bonchev–Trinajstić information content (AvgIpc) is 3.36. The van der Waals surface area contributed by atoms with Crippen LogP contribution in [0.3, 0.4) is 0 Å². The van der Waals surface area contributed by atoms with Crippen LogP contribution in [-0.2, 0) is 23.5 Å². The molecular weight excluding hydrogens is 440 g/mol. The van der Waals surface area contributed by atoms with Crippen LogP contribution in [0.5, 0.6) is 0 Å². The number of carbonyl (C=O) groups excluding carboxylic acids is 1. The van der Waals surface area contributed by atoms with E-state index in [4.69, 9.17) is 26.2 Å². The molecule has 0 bridgehead atoms. The minimum atomic E-state index is -0.427. The molecule has 0 aliphatic heterocycles. The van der Waals surface area contributed by atoms with Crippen LogP contribution in [0.15, 0.2) is 55.4 Å². The fourth-order valence-electron chi connectivity index (χ4n) is 3.17. The van der Waals surface area contributed by atoms with Gasteiger partial charge in [0.25, 0.3) is 0 Å². The Kier molecular flexibility index (Phi) is 6.15. The van der Waals surface area contributed by atoms with E-state index in [1.54, 1.807) is 24.5 Å². The van der Waals surface area contributed by atoms with Gasteiger partial charge in [-0.3, -0.25) is 9.36 Å². The highest BCUT2D eigenvalue weighted by molar-refractivity contribution is 7.98. The number of thioether (sulfide) groups is 1. The first-order valence-corrected chi connectivity index (χ1v) is 10.9. The topological polar surface area (TPSA) is 117 Å². The van der Waals surface area contributed by atoms with E-state index in [1.807, 2.05) is 17.6 Å². The summed E-state index contributed by atoms with van der Waals surface area (Å²) in [5.74, 6) is 1.41. The molecule has 0 radical (unpaired) electrons. The van der Waals surface area contributed by atoms with Crippen molar-refractivity contribution < 1.29 is 13.6 Å². The Labute approximate surface area is 186 Å². The van der Waals surface area contributed by atoms with Gasteiger partial charge >= 0.3 is 5.63 Å². The molecule has 0 fully saturated rings. The zero-order valence-electron chi connectivity index (χ0n) is 16.6. The summed E-state index contributed by atoms with van der Waals surface area (Å²) < 4.78 is 12.7. The fraction of sp³-hybridized carbons (Fsp3) is 0.238. The monoisotopic (exact) mass is 458 g/mol. The van der Waals surface area contributed by atoms with Crippen LogP contribution < -0.4 is 11.4 Å². The zero-order chi connectivity index (χ0) is 22.0. The molecule has 31 heavy (non-hydrogen) atoms. The summed E-state index contributed by atoms with van der Waals surface area (Å²) in [6.45, 7) is 2.27. The summed E-state index contributed by atoms with van der Waals surface area (Å²) in [7, 11) is 0. The molecule has 0 aliphatic rings. The van der Waals surface area contributed by atoms with Crippen LogP contribution in [0.4, 0.5) is 0 Å². The second-order valence-corrected chi connectivity index (χ2v) is 8.36. The summed E-state index contributed by atoms with van der Waals surface area (Å²) in [6, 6.07) is 8.68. The lowest BCUT2D eigenvalue weighted by Crippen LogP contribution is -2.14. The molecule has 3 aromatic heterocycles. The number of hydrogen-bond donors (Lipinski definition) is 1.